The van der Waals surface area contributed by atoms with Crippen molar-refractivity contribution in [3.05, 3.63) is 23.6 Å². The number of halogens is 5. The number of amidine groups is 1. The van der Waals surface area contributed by atoms with Crippen LogP contribution in [-0.2, 0) is 15.0 Å². The van der Waals surface area contributed by atoms with E-state index in [-0.39, 0.29) is 5.82 Å². The molecule has 0 radical (unpaired) electrons. The summed E-state index contributed by atoms with van der Waals surface area (Å²) in [4.78, 5) is 19.1. The van der Waals surface area contributed by atoms with E-state index in [0.717, 1.165) is 19.1 Å². The summed E-state index contributed by atoms with van der Waals surface area (Å²) < 4.78 is 78.4. The Morgan fingerprint density at radius 1 is 1.32 bits per heavy atom. The molecule has 0 fully saturated rings. The molecule has 0 aromatic carbocycles. The van der Waals surface area contributed by atoms with Crippen LogP contribution < -0.4 is 11.1 Å². The molecule has 1 aromatic rings. The van der Waals surface area contributed by atoms with Crippen LogP contribution in [0.1, 0.15) is 33.4 Å². The Labute approximate surface area is 157 Å². The lowest BCUT2D eigenvalue weighted by Crippen LogP contribution is -2.57. The van der Waals surface area contributed by atoms with E-state index < -0.39 is 53.2 Å². The lowest BCUT2D eigenvalue weighted by atomic mass is 9.87. The summed E-state index contributed by atoms with van der Waals surface area (Å²) in [6.07, 6.45) is -12.3. The summed E-state index contributed by atoms with van der Waals surface area (Å²) in [7, 11) is 0. The summed E-state index contributed by atoms with van der Waals surface area (Å²) in [6, 6.07) is 0.889. The number of nitrogens with one attached hydrogen (secondary N) is 1. The number of nitrogens with zero attached hydrogens (tertiary/aromatic N) is 2. The highest BCUT2D eigenvalue weighted by Gasteiger charge is 2.59. The Morgan fingerprint density at radius 2 is 1.93 bits per heavy atom. The van der Waals surface area contributed by atoms with Gasteiger partial charge >= 0.3 is 12.3 Å². The van der Waals surface area contributed by atoms with Crippen LogP contribution in [0.5, 0.6) is 0 Å². The smallest absolute Gasteiger partial charge is 0.428 e. The van der Waals surface area contributed by atoms with E-state index in [1.807, 2.05) is 5.32 Å². The quantitative estimate of drug-likeness (QED) is 0.693. The molecule has 1 aliphatic rings. The number of pyridine rings is 1. The molecule has 1 aromatic heterocycles. The highest BCUT2D eigenvalue weighted by molar-refractivity contribution is 5.91. The van der Waals surface area contributed by atoms with Crippen LogP contribution in [0.3, 0.4) is 0 Å². The molecule has 3 N–H and O–H groups in total. The molecule has 0 bridgehead atoms. The van der Waals surface area contributed by atoms with Gasteiger partial charge in [0, 0.05) is 0 Å². The average Bonchev–Trinajstić information content (AvgIpc) is 2.50. The molecule has 28 heavy (non-hydrogen) atoms. The summed E-state index contributed by atoms with van der Waals surface area (Å²) in [5.41, 5.74) is 1.23. The number of hydrogen-bond donors (Lipinski definition) is 2. The number of aromatic nitrogens is 1. The van der Waals surface area contributed by atoms with Crippen LogP contribution in [0.25, 0.3) is 0 Å². The number of aliphatic imine (C=N–C) groups is 1. The number of rotatable bonds is 1. The van der Waals surface area contributed by atoms with Crippen molar-refractivity contribution in [1.29, 1.82) is 0 Å². The fourth-order valence-electron chi connectivity index (χ4n) is 2.45. The SMILES string of the molecule is CC(C)(C)OC(=O)NC1=N[C@](C)(c2nc(N)ccc2F)[C@@H](F)[C@@H](C(F)(F)F)O1. The van der Waals surface area contributed by atoms with Crippen molar-refractivity contribution in [2.45, 2.75) is 57.3 Å². The zero-order chi connectivity index (χ0) is 21.5. The second kappa shape index (κ2) is 7.06. The first-order chi connectivity index (χ1) is 12.6. The van der Waals surface area contributed by atoms with Crippen molar-refractivity contribution in [2.75, 3.05) is 5.73 Å². The third-order valence-corrected chi connectivity index (χ3v) is 3.65. The van der Waals surface area contributed by atoms with Crippen LogP contribution >= 0.6 is 0 Å². The zero-order valence-electron chi connectivity index (χ0n) is 15.4. The lowest BCUT2D eigenvalue weighted by Gasteiger charge is -2.39. The number of alkyl carbamates (subject to hydrolysis) is 1. The molecular weight excluding hydrogens is 391 g/mol. The minimum absolute atomic E-state index is 0.253. The maximum Gasteiger partial charge on any atom is 0.428 e. The van der Waals surface area contributed by atoms with E-state index in [4.69, 9.17) is 10.5 Å². The first kappa shape index (κ1) is 21.6. The van der Waals surface area contributed by atoms with Gasteiger partial charge in [0.1, 0.15) is 28.5 Å². The van der Waals surface area contributed by atoms with E-state index >= 15 is 0 Å². The molecule has 1 aliphatic heterocycles. The van der Waals surface area contributed by atoms with Gasteiger partial charge in [0.2, 0.25) is 6.10 Å². The first-order valence-electron chi connectivity index (χ1n) is 8.03. The zero-order valence-corrected chi connectivity index (χ0v) is 15.4. The van der Waals surface area contributed by atoms with E-state index in [9.17, 15) is 26.7 Å². The van der Waals surface area contributed by atoms with E-state index in [1.165, 1.54) is 20.8 Å². The highest BCUT2D eigenvalue weighted by Crippen LogP contribution is 2.42. The molecule has 2 heterocycles. The number of alkyl halides is 4. The third kappa shape index (κ3) is 4.60. The number of amides is 1. The van der Waals surface area contributed by atoms with Crippen molar-refractivity contribution < 1.29 is 36.2 Å². The fourth-order valence-corrected chi connectivity index (χ4v) is 2.45. The van der Waals surface area contributed by atoms with Gasteiger partial charge in [0.05, 0.1) is 0 Å². The predicted octanol–water partition coefficient (Wildman–Crippen LogP) is 3.20. The standard InChI is InChI=1S/C16H19F5N4O3/c1-14(2,3)28-13(26)24-12-25-15(4,9(18)11(27-12)16(19,20)21)10-7(17)5-6-8(22)23-10/h5-6,9,11H,1-4H3,(H2,22,23)(H,24,25,26)/t9-,11-,15-/m0/s1. The van der Waals surface area contributed by atoms with Gasteiger partial charge in [-0.05, 0) is 39.8 Å². The van der Waals surface area contributed by atoms with E-state index in [1.54, 1.807) is 0 Å². The Balaban J connectivity index is 2.51. The molecule has 0 unspecified atom stereocenters. The number of carbonyl (C=O) groups is 1. The number of ether oxygens (including phenoxy) is 2. The Kier molecular flexibility index (Phi) is 5.46. The second-order valence-corrected chi connectivity index (χ2v) is 7.24. The molecule has 0 aliphatic carbocycles. The maximum atomic E-state index is 14.8. The van der Waals surface area contributed by atoms with Crippen LogP contribution in [-0.4, -0.2) is 41.2 Å². The van der Waals surface area contributed by atoms with Crippen molar-refractivity contribution in [3.8, 4) is 0 Å². The van der Waals surface area contributed by atoms with Crippen molar-refractivity contribution in [3.63, 3.8) is 0 Å². The van der Waals surface area contributed by atoms with Crippen molar-refractivity contribution in [1.82, 2.24) is 10.3 Å². The summed E-state index contributed by atoms with van der Waals surface area (Å²) in [5.74, 6) is -1.38. The lowest BCUT2D eigenvalue weighted by molar-refractivity contribution is -0.228. The topological polar surface area (TPSA) is 98.8 Å². The molecular formula is C16H19F5N4O3. The molecule has 0 saturated carbocycles. The summed E-state index contributed by atoms with van der Waals surface area (Å²) in [6.45, 7) is 5.44. The molecule has 2 rings (SSSR count). The predicted molar refractivity (Wildman–Crippen MR) is 88.6 cm³/mol. The van der Waals surface area contributed by atoms with Gasteiger partial charge in [-0.2, -0.15) is 13.2 Å². The van der Waals surface area contributed by atoms with E-state index in [0.29, 0.717) is 0 Å². The van der Waals surface area contributed by atoms with Crippen LogP contribution in [0.4, 0.5) is 32.6 Å². The van der Waals surface area contributed by atoms with Gasteiger partial charge in [-0.15, -0.1) is 0 Å². The van der Waals surface area contributed by atoms with Crippen LogP contribution in [0.2, 0.25) is 0 Å². The van der Waals surface area contributed by atoms with E-state index in [2.05, 4.69) is 14.7 Å². The number of anilines is 1. The second-order valence-electron chi connectivity index (χ2n) is 7.24. The van der Waals surface area contributed by atoms with Crippen LogP contribution in [0, 0.1) is 5.82 Å². The van der Waals surface area contributed by atoms with Crippen molar-refractivity contribution >= 4 is 17.9 Å². The largest absolute Gasteiger partial charge is 0.449 e. The monoisotopic (exact) mass is 410 g/mol. The maximum absolute atomic E-state index is 14.8. The van der Waals surface area contributed by atoms with Gasteiger partial charge in [0.15, 0.2) is 6.17 Å². The van der Waals surface area contributed by atoms with Crippen molar-refractivity contribution in [2.24, 2.45) is 4.99 Å². The Bertz CT molecular complexity index is 793. The Hall–Kier alpha value is -2.66. The molecule has 0 spiro atoms. The number of hydrogen-bond acceptors (Lipinski definition) is 6. The molecule has 7 nitrogen and oxygen atoms in total. The number of carbonyl (C=O) groups excluding carboxylic acids is 1. The fraction of sp³-hybridized carbons (Fsp3) is 0.562. The Morgan fingerprint density at radius 3 is 2.46 bits per heavy atom. The van der Waals surface area contributed by atoms with Crippen LogP contribution in [0.15, 0.2) is 17.1 Å². The van der Waals surface area contributed by atoms with Gasteiger partial charge in [-0.3, -0.25) is 0 Å². The molecule has 1 amide bonds. The average molecular weight is 410 g/mol. The summed E-state index contributed by atoms with van der Waals surface area (Å²) >= 11 is 0. The number of nitrogen functional groups attached to an aromatic ring is 1. The minimum atomic E-state index is -5.19. The van der Waals surface area contributed by atoms with Gasteiger partial charge in [-0.1, -0.05) is 0 Å². The molecule has 156 valence electrons. The van der Waals surface area contributed by atoms with Gasteiger partial charge in [0.25, 0.3) is 6.02 Å². The normalized spacial score (nSPS) is 25.5. The van der Waals surface area contributed by atoms with Gasteiger partial charge < -0.3 is 15.2 Å². The molecule has 0 saturated heterocycles. The third-order valence-electron chi connectivity index (χ3n) is 3.65. The molecule has 3 atom stereocenters. The first-order valence-corrected chi connectivity index (χ1v) is 8.03. The highest BCUT2D eigenvalue weighted by atomic mass is 19.4. The number of nitrogens with two attached hydrogens (primary N) is 1. The molecule has 12 heteroatoms. The summed E-state index contributed by atoms with van der Waals surface area (Å²) in [5, 5.41) is 1.88. The van der Waals surface area contributed by atoms with Gasteiger partial charge in [-0.25, -0.2) is 28.9 Å². The minimum Gasteiger partial charge on any atom is -0.449 e.